The van der Waals surface area contributed by atoms with Gasteiger partial charge in [-0.05, 0) is 86.1 Å². The minimum Gasteiger partial charge on any atom is -0.494 e. The van der Waals surface area contributed by atoms with E-state index in [-0.39, 0.29) is 11.7 Å². The van der Waals surface area contributed by atoms with Gasteiger partial charge in [0.2, 0.25) is 0 Å². The molecule has 1 fully saturated rings. The van der Waals surface area contributed by atoms with Gasteiger partial charge < -0.3 is 4.74 Å². The second-order valence-electron chi connectivity index (χ2n) is 10.1. The first-order chi connectivity index (χ1) is 18.0. The molecule has 0 spiro atoms. The van der Waals surface area contributed by atoms with Crippen LogP contribution in [0.4, 0.5) is 13.2 Å². The van der Waals surface area contributed by atoms with Gasteiger partial charge in [-0.1, -0.05) is 68.3 Å². The van der Waals surface area contributed by atoms with Crippen LogP contribution in [0.5, 0.6) is 5.75 Å². The van der Waals surface area contributed by atoms with E-state index in [0.29, 0.717) is 40.5 Å². The number of allylic oxidation sites excluding steroid dienone is 1. The third-order valence-corrected chi connectivity index (χ3v) is 7.49. The number of benzene rings is 3. The fourth-order valence-electron chi connectivity index (χ4n) is 5.29. The Kier molecular flexibility index (Phi) is 9.49. The number of aryl methyl sites for hydroxylation is 1. The van der Waals surface area contributed by atoms with Crippen molar-refractivity contribution in [3.63, 3.8) is 0 Å². The van der Waals surface area contributed by atoms with Crippen molar-refractivity contribution in [1.29, 1.82) is 0 Å². The maximum Gasteiger partial charge on any atom is 0.166 e. The van der Waals surface area contributed by atoms with Crippen LogP contribution in [0.25, 0.3) is 17.2 Å². The fraction of sp³-hybridized carbons (Fsp3) is 0.394. The van der Waals surface area contributed by atoms with Gasteiger partial charge in [-0.15, -0.1) is 0 Å². The molecule has 0 unspecified atom stereocenters. The molecule has 3 aromatic carbocycles. The van der Waals surface area contributed by atoms with Gasteiger partial charge in [0, 0.05) is 17.2 Å². The molecule has 0 atom stereocenters. The molecule has 0 radical (unpaired) electrons. The first-order valence-electron chi connectivity index (χ1n) is 13.7. The molecule has 1 nitrogen and oxygen atoms in total. The summed E-state index contributed by atoms with van der Waals surface area (Å²) < 4.78 is 50.0. The van der Waals surface area contributed by atoms with E-state index in [1.807, 2.05) is 43.3 Å². The van der Waals surface area contributed by atoms with E-state index < -0.39 is 11.6 Å². The summed E-state index contributed by atoms with van der Waals surface area (Å²) in [7, 11) is 0. The van der Waals surface area contributed by atoms with Gasteiger partial charge in [0.05, 0.1) is 6.61 Å². The van der Waals surface area contributed by atoms with Crippen LogP contribution in [0.3, 0.4) is 0 Å². The van der Waals surface area contributed by atoms with Gasteiger partial charge in [-0.3, -0.25) is 0 Å². The number of hydrogen-bond donors (Lipinski definition) is 0. The maximum absolute atomic E-state index is 15.2. The lowest BCUT2D eigenvalue weighted by molar-refractivity contribution is 0.338. The largest absolute Gasteiger partial charge is 0.494 e. The van der Waals surface area contributed by atoms with Gasteiger partial charge in [0.25, 0.3) is 0 Å². The molecule has 4 heteroatoms. The van der Waals surface area contributed by atoms with Crippen LogP contribution in [0, 0.1) is 23.4 Å². The van der Waals surface area contributed by atoms with Crippen molar-refractivity contribution in [2.45, 2.75) is 71.1 Å². The highest BCUT2D eigenvalue weighted by Gasteiger charge is 2.26. The number of rotatable bonds is 10. The van der Waals surface area contributed by atoms with Gasteiger partial charge >= 0.3 is 0 Å². The molecule has 1 aliphatic rings. The Hall–Kier alpha value is -3.01. The summed E-state index contributed by atoms with van der Waals surface area (Å²) in [6, 6.07) is 16.2. The van der Waals surface area contributed by atoms with Gasteiger partial charge in [-0.2, -0.15) is 0 Å². The highest BCUT2D eigenvalue weighted by atomic mass is 19.2. The third-order valence-electron chi connectivity index (χ3n) is 7.49. The summed E-state index contributed by atoms with van der Waals surface area (Å²) in [5.74, 6) is -0.970. The van der Waals surface area contributed by atoms with E-state index in [9.17, 15) is 4.39 Å². The van der Waals surface area contributed by atoms with Crippen molar-refractivity contribution in [3.05, 3.63) is 94.8 Å². The fourth-order valence-corrected chi connectivity index (χ4v) is 5.29. The molecule has 0 bridgehead atoms. The van der Waals surface area contributed by atoms with Crippen molar-refractivity contribution in [2.75, 3.05) is 6.61 Å². The lowest BCUT2D eigenvalue weighted by Gasteiger charge is -2.27. The molecule has 0 amide bonds. The zero-order valence-electron chi connectivity index (χ0n) is 21.9. The standard InChI is InChI=1S/C33H37F3O/c1-3-5-6-7-23-8-13-25(14-9-23)29-20-21-30(33(36)32(29)35)26-15-10-24(11-16-26)12-17-27-18-19-28(37-4-2)22-31(27)34/h8-9,12-14,17-22,24,26H,3-7,10-11,15-16H2,1-2H3/b17-12+. The Balaban J connectivity index is 1.37. The lowest BCUT2D eigenvalue weighted by Crippen LogP contribution is -2.13. The molecular formula is C33H37F3O. The number of halogens is 3. The smallest absolute Gasteiger partial charge is 0.166 e. The van der Waals surface area contributed by atoms with Crippen LogP contribution in [-0.4, -0.2) is 6.61 Å². The number of unbranched alkanes of at least 4 members (excludes halogenated alkanes) is 2. The molecule has 1 aliphatic carbocycles. The maximum atomic E-state index is 15.2. The second-order valence-corrected chi connectivity index (χ2v) is 10.1. The normalized spacial score (nSPS) is 17.9. The van der Waals surface area contributed by atoms with Crippen LogP contribution in [-0.2, 0) is 6.42 Å². The van der Waals surface area contributed by atoms with Gasteiger partial charge in [0.15, 0.2) is 11.6 Å². The quantitative estimate of drug-likeness (QED) is 0.249. The minimum atomic E-state index is -0.760. The molecule has 37 heavy (non-hydrogen) atoms. The Morgan fingerprint density at radius 2 is 1.59 bits per heavy atom. The summed E-state index contributed by atoms with van der Waals surface area (Å²) in [5, 5.41) is 0. The van der Waals surface area contributed by atoms with Crippen LogP contribution >= 0.6 is 0 Å². The van der Waals surface area contributed by atoms with Crippen LogP contribution in [0.1, 0.15) is 81.4 Å². The van der Waals surface area contributed by atoms with E-state index in [0.717, 1.165) is 38.5 Å². The first kappa shape index (κ1) is 27.0. The topological polar surface area (TPSA) is 9.23 Å². The van der Waals surface area contributed by atoms with Crippen molar-refractivity contribution in [1.82, 2.24) is 0 Å². The van der Waals surface area contributed by atoms with E-state index in [2.05, 4.69) is 6.92 Å². The average Bonchev–Trinajstić information content (AvgIpc) is 2.91. The Labute approximate surface area is 219 Å². The zero-order valence-corrected chi connectivity index (χ0v) is 21.9. The summed E-state index contributed by atoms with van der Waals surface area (Å²) in [5.41, 5.74) is 3.25. The molecule has 1 saturated carbocycles. The highest BCUT2D eigenvalue weighted by Crippen LogP contribution is 2.39. The van der Waals surface area contributed by atoms with Crippen molar-refractivity contribution >= 4 is 6.08 Å². The molecule has 0 N–H and O–H groups in total. The molecule has 196 valence electrons. The minimum absolute atomic E-state index is 0.00338. The molecule has 4 rings (SSSR count). The van der Waals surface area contributed by atoms with Crippen molar-refractivity contribution < 1.29 is 17.9 Å². The predicted octanol–water partition coefficient (Wildman–Crippen LogP) is 9.89. The first-order valence-corrected chi connectivity index (χ1v) is 13.7. The molecule has 0 saturated heterocycles. The summed E-state index contributed by atoms with van der Waals surface area (Å²) >= 11 is 0. The molecule has 0 aromatic heterocycles. The average molecular weight is 507 g/mol. The number of ether oxygens (including phenoxy) is 1. The van der Waals surface area contributed by atoms with E-state index in [4.69, 9.17) is 4.74 Å². The van der Waals surface area contributed by atoms with Crippen molar-refractivity contribution in [3.8, 4) is 16.9 Å². The SMILES string of the molecule is CCCCCc1ccc(-c2ccc(C3CCC(/C=C/c4ccc(OCC)cc4F)CC3)c(F)c2F)cc1. The molecule has 0 heterocycles. The van der Waals surface area contributed by atoms with E-state index in [1.54, 1.807) is 24.3 Å². The second kappa shape index (κ2) is 13.0. The van der Waals surface area contributed by atoms with Crippen LogP contribution in [0.2, 0.25) is 0 Å². The Morgan fingerprint density at radius 1 is 0.838 bits per heavy atom. The monoisotopic (exact) mass is 506 g/mol. The third kappa shape index (κ3) is 6.85. The predicted molar refractivity (Wildman–Crippen MR) is 146 cm³/mol. The highest BCUT2D eigenvalue weighted by molar-refractivity contribution is 5.65. The van der Waals surface area contributed by atoms with Crippen LogP contribution in [0.15, 0.2) is 60.7 Å². The summed E-state index contributed by atoms with van der Waals surface area (Å²) in [6.45, 7) is 4.54. The molecule has 0 aliphatic heterocycles. The van der Waals surface area contributed by atoms with Gasteiger partial charge in [-0.25, -0.2) is 13.2 Å². The zero-order chi connectivity index (χ0) is 26.2. The van der Waals surface area contributed by atoms with E-state index in [1.165, 1.54) is 24.5 Å². The molecular weight excluding hydrogens is 469 g/mol. The van der Waals surface area contributed by atoms with Crippen LogP contribution < -0.4 is 4.74 Å². The Bertz CT molecular complexity index is 1190. The summed E-state index contributed by atoms with van der Waals surface area (Å²) in [4.78, 5) is 0. The van der Waals surface area contributed by atoms with Gasteiger partial charge in [0.1, 0.15) is 11.6 Å². The summed E-state index contributed by atoms with van der Waals surface area (Å²) in [6.07, 6.45) is 11.7. The molecule has 3 aromatic rings. The Morgan fingerprint density at radius 3 is 2.27 bits per heavy atom. The van der Waals surface area contributed by atoms with Crippen molar-refractivity contribution in [2.24, 2.45) is 5.92 Å². The number of hydrogen-bond acceptors (Lipinski definition) is 1. The van der Waals surface area contributed by atoms with E-state index >= 15 is 8.78 Å². The lowest BCUT2D eigenvalue weighted by atomic mass is 9.78.